The van der Waals surface area contributed by atoms with E-state index >= 15 is 0 Å². The largest absolute Gasteiger partial charge is 0.294 e. The number of alkyl halides is 1. The Balaban J connectivity index is 1.97. The van der Waals surface area contributed by atoms with E-state index in [1.807, 2.05) is 0 Å². The molecule has 0 aromatic heterocycles. The van der Waals surface area contributed by atoms with Gasteiger partial charge in [-0.25, -0.2) is 4.39 Å². The molecule has 0 saturated carbocycles. The lowest BCUT2D eigenvalue weighted by Crippen LogP contribution is -2.35. The standard InChI is InChI=1S/C12H22FN/c1-12(2,3)8-9-4-5-11-10(13)6-7-14(9)11/h9-11H,4-8H2,1-3H3. The molecule has 3 atom stereocenters. The van der Waals surface area contributed by atoms with Gasteiger partial charge in [0.1, 0.15) is 6.17 Å². The summed E-state index contributed by atoms with van der Waals surface area (Å²) in [7, 11) is 0. The Hall–Kier alpha value is -0.110. The predicted molar refractivity (Wildman–Crippen MR) is 57.1 cm³/mol. The Morgan fingerprint density at radius 2 is 1.93 bits per heavy atom. The van der Waals surface area contributed by atoms with E-state index in [-0.39, 0.29) is 6.04 Å². The second kappa shape index (κ2) is 3.48. The maximum atomic E-state index is 13.4. The van der Waals surface area contributed by atoms with Crippen molar-refractivity contribution in [2.24, 2.45) is 5.41 Å². The van der Waals surface area contributed by atoms with Crippen molar-refractivity contribution in [3.63, 3.8) is 0 Å². The molecule has 14 heavy (non-hydrogen) atoms. The van der Waals surface area contributed by atoms with Gasteiger partial charge in [0, 0.05) is 18.6 Å². The van der Waals surface area contributed by atoms with Crippen molar-refractivity contribution < 1.29 is 4.39 Å². The van der Waals surface area contributed by atoms with Gasteiger partial charge in [0.15, 0.2) is 0 Å². The van der Waals surface area contributed by atoms with Gasteiger partial charge in [-0.15, -0.1) is 0 Å². The lowest BCUT2D eigenvalue weighted by Gasteiger charge is -2.29. The number of rotatable bonds is 1. The van der Waals surface area contributed by atoms with Gasteiger partial charge < -0.3 is 0 Å². The summed E-state index contributed by atoms with van der Waals surface area (Å²) < 4.78 is 13.4. The van der Waals surface area contributed by atoms with Crippen molar-refractivity contribution >= 4 is 0 Å². The minimum Gasteiger partial charge on any atom is -0.294 e. The third kappa shape index (κ3) is 1.95. The average molecular weight is 199 g/mol. The summed E-state index contributed by atoms with van der Waals surface area (Å²) in [5, 5.41) is 0. The van der Waals surface area contributed by atoms with Gasteiger partial charge in [-0.3, -0.25) is 4.90 Å². The predicted octanol–water partition coefficient (Wildman–Crippen LogP) is 3.00. The molecule has 82 valence electrons. The summed E-state index contributed by atoms with van der Waals surface area (Å²) in [6, 6.07) is 0.920. The van der Waals surface area contributed by atoms with Crippen LogP contribution in [0.2, 0.25) is 0 Å². The van der Waals surface area contributed by atoms with Crippen LogP contribution >= 0.6 is 0 Å². The van der Waals surface area contributed by atoms with Gasteiger partial charge in [-0.2, -0.15) is 0 Å². The van der Waals surface area contributed by atoms with Crippen LogP contribution < -0.4 is 0 Å². The number of fused-ring (bicyclic) bond motifs is 1. The van der Waals surface area contributed by atoms with Crippen LogP contribution in [-0.2, 0) is 0 Å². The van der Waals surface area contributed by atoms with E-state index in [0.29, 0.717) is 11.5 Å². The second-order valence-corrected chi connectivity index (χ2v) is 6.11. The molecular formula is C12H22FN. The Morgan fingerprint density at radius 1 is 1.21 bits per heavy atom. The highest BCUT2D eigenvalue weighted by Gasteiger charge is 2.43. The SMILES string of the molecule is CC(C)(C)CC1CCC2C(F)CCN12. The van der Waals surface area contributed by atoms with Crippen LogP contribution in [0.3, 0.4) is 0 Å². The summed E-state index contributed by atoms with van der Waals surface area (Å²) in [6.45, 7) is 7.84. The maximum absolute atomic E-state index is 13.4. The highest BCUT2D eigenvalue weighted by atomic mass is 19.1. The number of hydrogen-bond acceptors (Lipinski definition) is 1. The normalized spacial score (nSPS) is 39.0. The van der Waals surface area contributed by atoms with Gasteiger partial charge in [0.2, 0.25) is 0 Å². The fourth-order valence-corrected chi connectivity index (χ4v) is 3.09. The molecule has 2 rings (SSSR count). The van der Waals surface area contributed by atoms with Gasteiger partial charge in [-0.05, 0) is 31.1 Å². The molecule has 2 aliphatic heterocycles. The van der Waals surface area contributed by atoms with Gasteiger partial charge in [-0.1, -0.05) is 20.8 Å². The first kappa shape index (κ1) is 10.4. The molecule has 0 amide bonds. The first-order chi connectivity index (χ1) is 6.47. The van der Waals surface area contributed by atoms with Crippen LogP contribution in [0.1, 0.15) is 46.5 Å². The van der Waals surface area contributed by atoms with Crippen molar-refractivity contribution in [2.75, 3.05) is 6.54 Å². The second-order valence-electron chi connectivity index (χ2n) is 6.11. The number of hydrogen-bond donors (Lipinski definition) is 0. The number of halogens is 1. The summed E-state index contributed by atoms with van der Waals surface area (Å²) >= 11 is 0. The van der Waals surface area contributed by atoms with E-state index in [2.05, 4.69) is 25.7 Å². The monoisotopic (exact) mass is 199 g/mol. The first-order valence-electron chi connectivity index (χ1n) is 5.87. The molecule has 0 aromatic rings. The van der Waals surface area contributed by atoms with E-state index in [4.69, 9.17) is 0 Å². The third-order valence-electron chi connectivity index (χ3n) is 3.62. The molecule has 2 aliphatic rings. The van der Waals surface area contributed by atoms with Crippen LogP contribution in [0.5, 0.6) is 0 Å². The summed E-state index contributed by atoms with van der Waals surface area (Å²) in [6.07, 6.45) is 3.74. The topological polar surface area (TPSA) is 3.24 Å². The molecule has 2 saturated heterocycles. The lowest BCUT2D eigenvalue weighted by atomic mass is 9.87. The van der Waals surface area contributed by atoms with E-state index in [9.17, 15) is 4.39 Å². The molecule has 1 nitrogen and oxygen atoms in total. The highest BCUT2D eigenvalue weighted by Crippen LogP contribution is 2.38. The molecule has 2 heteroatoms. The molecule has 3 unspecified atom stereocenters. The zero-order valence-corrected chi connectivity index (χ0v) is 9.59. The molecule has 0 aliphatic carbocycles. The number of nitrogens with zero attached hydrogens (tertiary/aromatic N) is 1. The van der Waals surface area contributed by atoms with Crippen molar-refractivity contribution in [1.29, 1.82) is 0 Å². The molecule has 0 bridgehead atoms. The Bertz CT molecular complexity index is 209. The average Bonchev–Trinajstić information content (AvgIpc) is 2.55. The summed E-state index contributed by atoms with van der Waals surface area (Å²) in [4.78, 5) is 2.43. The molecule has 0 radical (unpaired) electrons. The minimum absolute atomic E-state index is 0.266. The lowest BCUT2D eigenvalue weighted by molar-refractivity contribution is 0.166. The minimum atomic E-state index is -0.542. The molecule has 0 aromatic carbocycles. The highest BCUT2D eigenvalue weighted by molar-refractivity contribution is 4.97. The van der Waals surface area contributed by atoms with Crippen molar-refractivity contribution in [2.45, 2.75) is 64.7 Å². The molecular weight excluding hydrogens is 177 g/mol. The summed E-state index contributed by atoms with van der Waals surface area (Å²) in [5.41, 5.74) is 0.383. The molecule has 2 fully saturated rings. The van der Waals surface area contributed by atoms with Crippen LogP contribution in [0.4, 0.5) is 4.39 Å². The van der Waals surface area contributed by atoms with Crippen LogP contribution in [0, 0.1) is 5.41 Å². The quantitative estimate of drug-likeness (QED) is 0.627. The molecule has 2 heterocycles. The van der Waals surface area contributed by atoms with Crippen LogP contribution in [-0.4, -0.2) is 29.7 Å². The Morgan fingerprint density at radius 3 is 2.57 bits per heavy atom. The first-order valence-corrected chi connectivity index (χ1v) is 5.87. The van der Waals surface area contributed by atoms with Crippen molar-refractivity contribution in [3.05, 3.63) is 0 Å². The van der Waals surface area contributed by atoms with E-state index in [1.54, 1.807) is 0 Å². The van der Waals surface area contributed by atoms with Gasteiger partial charge in [0.05, 0.1) is 0 Å². The fourth-order valence-electron chi connectivity index (χ4n) is 3.09. The van der Waals surface area contributed by atoms with Crippen molar-refractivity contribution in [3.8, 4) is 0 Å². The van der Waals surface area contributed by atoms with E-state index in [0.717, 1.165) is 19.4 Å². The van der Waals surface area contributed by atoms with Crippen LogP contribution in [0.15, 0.2) is 0 Å². The summed E-state index contributed by atoms with van der Waals surface area (Å²) in [5.74, 6) is 0. The van der Waals surface area contributed by atoms with Crippen molar-refractivity contribution in [1.82, 2.24) is 4.90 Å². The zero-order chi connectivity index (χ0) is 10.3. The fraction of sp³-hybridized carbons (Fsp3) is 1.00. The smallest absolute Gasteiger partial charge is 0.117 e. The molecule has 0 N–H and O–H groups in total. The molecule has 0 spiro atoms. The van der Waals surface area contributed by atoms with Crippen LogP contribution in [0.25, 0.3) is 0 Å². The van der Waals surface area contributed by atoms with E-state index in [1.165, 1.54) is 12.8 Å². The Kier molecular flexibility index (Phi) is 2.59. The Labute approximate surface area is 86.7 Å². The van der Waals surface area contributed by atoms with Gasteiger partial charge >= 0.3 is 0 Å². The zero-order valence-electron chi connectivity index (χ0n) is 9.59. The third-order valence-corrected chi connectivity index (χ3v) is 3.62. The van der Waals surface area contributed by atoms with E-state index < -0.39 is 6.17 Å². The van der Waals surface area contributed by atoms with Gasteiger partial charge in [0.25, 0.3) is 0 Å². The maximum Gasteiger partial charge on any atom is 0.117 e.